The smallest absolute Gasteiger partial charge is 0.449 e. The van der Waals surface area contributed by atoms with Gasteiger partial charge in [0.15, 0.2) is 69.0 Å². The van der Waals surface area contributed by atoms with Gasteiger partial charge in [-0.3, -0.25) is 4.79 Å². The molecule has 3 aliphatic rings. The Morgan fingerprint density at radius 2 is 0.465 bits per heavy atom. The Kier molecular flexibility index (Phi) is 71.9. The Bertz CT molecular complexity index is 3050. The van der Waals surface area contributed by atoms with E-state index in [-0.39, 0.29) is 32.2 Å². The average Bonchev–Trinajstić information content (AvgIpc) is 0.844. The molecule has 740 valence electrons. The van der Waals surface area contributed by atoms with Crippen LogP contribution in [-0.2, 0) is 33.2 Å². The molecule has 0 saturated carbocycles. The van der Waals surface area contributed by atoms with E-state index in [2.05, 4.69) is 53.0 Å². The molecule has 0 saturated heterocycles. The maximum absolute atomic E-state index is 12.5. The number of para-hydroxylation sites is 12. The molecule has 22 nitrogen and oxygen atoms in total. The maximum Gasteiger partial charge on any atom is 0.449 e. The van der Waals surface area contributed by atoms with E-state index in [9.17, 15) is 44.3 Å². The number of quaternary nitrogens is 1. The second-order valence-electron chi connectivity index (χ2n) is 30.4. The van der Waals surface area contributed by atoms with Crippen molar-refractivity contribution in [3.63, 3.8) is 0 Å². The van der Waals surface area contributed by atoms with Crippen LogP contribution in [0.25, 0.3) is 0 Å². The predicted octanol–water partition coefficient (Wildman–Crippen LogP) is 23.0. The van der Waals surface area contributed by atoms with E-state index in [0.717, 1.165) is 53.8 Å². The lowest BCUT2D eigenvalue weighted by Crippen LogP contribution is -2.35. The third kappa shape index (κ3) is 61.8. The highest BCUT2D eigenvalue weighted by molar-refractivity contribution is 9.09. The monoisotopic (exact) mass is 1980 g/mol. The molecule has 0 spiro atoms. The van der Waals surface area contributed by atoms with Crippen LogP contribution in [0.2, 0.25) is 0 Å². The van der Waals surface area contributed by atoms with Gasteiger partial charge in [-0.1, -0.05) is 193 Å². The quantitative estimate of drug-likeness (QED) is 0.0381. The molecule has 129 heavy (non-hydrogen) atoms. The number of Topliss-reactive ketones (excluding diaryl/α,β-unsaturated/α-hetero) is 1. The first-order chi connectivity index (χ1) is 60.8. The molecule has 0 aliphatic carbocycles. The summed E-state index contributed by atoms with van der Waals surface area (Å²) in [5.41, 5.74) is -3.07. The maximum atomic E-state index is 12.5. The Balaban J connectivity index is 0. The Labute approximate surface area is 779 Å². The van der Waals surface area contributed by atoms with Crippen LogP contribution in [-0.4, -0.2) is 257 Å². The zero-order valence-corrected chi connectivity index (χ0v) is 80.9. The van der Waals surface area contributed by atoms with Gasteiger partial charge in [-0.05, 0) is 139 Å². The summed E-state index contributed by atoms with van der Waals surface area (Å²) in [6.07, 6.45) is -5.91. The van der Waals surface area contributed by atoms with Gasteiger partial charge in [-0.2, -0.15) is 39.5 Å². The van der Waals surface area contributed by atoms with Crippen molar-refractivity contribution in [1.82, 2.24) is 4.90 Å². The number of hydrogen-bond donors (Lipinski definition) is 0. The summed E-state index contributed by atoms with van der Waals surface area (Å²) in [5.74, 6) is 6.78. The van der Waals surface area contributed by atoms with E-state index >= 15 is 0 Å². The van der Waals surface area contributed by atoms with Crippen LogP contribution in [0.3, 0.4) is 0 Å². The predicted molar refractivity (Wildman–Crippen MR) is 497 cm³/mol. The molecule has 0 atom stereocenters. The molecule has 0 fully saturated rings. The highest BCUT2D eigenvalue weighted by Gasteiger charge is 2.47. The molecule has 0 aromatic heterocycles. The van der Waals surface area contributed by atoms with Crippen LogP contribution in [0, 0.1) is 10.8 Å². The summed E-state index contributed by atoms with van der Waals surface area (Å²) in [6.45, 7) is 25.1. The summed E-state index contributed by atoms with van der Waals surface area (Å²) < 4.78 is 212. The normalized spacial score (nSPS) is 14.8. The second kappa shape index (κ2) is 75.0. The van der Waals surface area contributed by atoms with Crippen molar-refractivity contribution in [2.45, 2.75) is 158 Å². The van der Waals surface area contributed by atoms with E-state index < -0.39 is 35.1 Å². The lowest BCUT2D eigenvalue weighted by molar-refractivity contribution is -0.870. The van der Waals surface area contributed by atoms with Crippen LogP contribution in [0.5, 0.6) is 69.0 Å². The van der Waals surface area contributed by atoms with Crippen molar-refractivity contribution in [3.05, 3.63) is 146 Å². The first-order valence-electron chi connectivity index (χ1n) is 43.6. The molecule has 3 heterocycles. The minimum Gasteiger partial charge on any atom is -0.870 e. The zero-order chi connectivity index (χ0) is 94.4. The molecule has 33 heteroatoms. The summed E-state index contributed by atoms with van der Waals surface area (Å²) in [4.78, 5) is 12.3. The standard InChI is InChI=1S/3C20H24O6.C12H25F3N.C9H16BrF3.C7H10BrF3O.C3H9N.2C2H6.CH4.H2O/c3*1-2-6-18-17(5-1)23-13-9-21-11-15-25-19-7-3-4-8-20(19)26-16-12-22-10-14-24-18;1-11(2,12(13,14)15)9-7-6-8-10-16(3,4)5;1-8(2,9(11,12)13)6-4-3-5-7-10;8-5-3-1-2-4-6(12)7(9,10)11;1-4(2)3;2*1-2;;/h3*1-8H,9-16H2;6-10H2,1-5H3;3-7H2,1-2H3;1-5H2;1-3H3;2*1-2H3;1H4;1H2/q;;;+1;;;;;;;/p-1. The van der Waals surface area contributed by atoms with E-state index in [1.165, 1.54) is 27.7 Å². The molecule has 0 bridgehead atoms. The number of rotatable bonds is 16. The van der Waals surface area contributed by atoms with Crippen molar-refractivity contribution >= 4 is 37.6 Å². The van der Waals surface area contributed by atoms with Gasteiger partial charge in [0.25, 0.3) is 0 Å². The minimum atomic E-state index is -4.64. The fourth-order valence-corrected chi connectivity index (χ4v) is 11.2. The lowest BCUT2D eigenvalue weighted by Gasteiger charge is -2.28. The van der Waals surface area contributed by atoms with E-state index in [4.69, 9.17) is 85.3 Å². The zero-order valence-electron chi connectivity index (χ0n) is 77.7. The Morgan fingerprint density at radius 3 is 0.612 bits per heavy atom. The van der Waals surface area contributed by atoms with Gasteiger partial charge >= 0.3 is 18.5 Å². The van der Waals surface area contributed by atoms with E-state index in [1.54, 1.807) is 0 Å². The van der Waals surface area contributed by atoms with Gasteiger partial charge in [-0.25, -0.2) is 0 Å². The van der Waals surface area contributed by atoms with Gasteiger partial charge in [0.2, 0.25) is 5.78 Å². The number of fused-ring (bicyclic) bond motifs is 6. The molecule has 1 N–H and O–H groups in total. The third-order valence-corrected chi connectivity index (χ3v) is 18.5. The number of hydrogen-bond acceptors (Lipinski definition) is 21. The third-order valence-electron chi connectivity index (χ3n) is 17.4. The van der Waals surface area contributed by atoms with Gasteiger partial charge in [0.1, 0.15) is 79.3 Å². The van der Waals surface area contributed by atoms with Gasteiger partial charge < -0.3 is 100 Å². The summed E-state index contributed by atoms with van der Waals surface area (Å²) in [7, 11) is 12.3. The topological polar surface area (TPSA) is 216 Å². The number of carbonyl (C=O) groups is 1. The molecule has 0 radical (unpaired) electrons. The first-order valence-corrected chi connectivity index (χ1v) is 45.8. The summed E-state index contributed by atoms with van der Waals surface area (Å²) in [6, 6.07) is 45.5. The van der Waals surface area contributed by atoms with Gasteiger partial charge in [-0.15, -0.1) is 0 Å². The van der Waals surface area contributed by atoms with Crippen LogP contribution in [0.1, 0.15) is 140 Å². The van der Waals surface area contributed by atoms with Crippen molar-refractivity contribution < 1.29 is 140 Å². The Morgan fingerprint density at radius 1 is 0.302 bits per heavy atom. The average molecular weight is 1980 g/mol. The number of ether oxygens (including phenoxy) is 18. The van der Waals surface area contributed by atoms with Crippen molar-refractivity contribution in [2.75, 3.05) is 218 Å². The molecule has 6 aromatic rings. The number of alkyl halides is 11. The minimum absolute atomic E-state index is 0. The number of halogens is 11. The SMILES string of the molecule is C.CC.CC.CC(C)(CCCCCBr)C(F)(F)F.CC(C)(CCCCC[N+](C)(C)C)C(F)(F)F.CN(C)C.O=C(CCCCCBr)C(F)(F)F.[OH-].c1ccc2c(c1)OCCOCCOc1ccccc1OCCOCCO2.c1ccc2c(c1)OCCOCCOc1ccccc1OCCOCCO2.c1ccc2c(c1)OCCOCCOc1ccccc1OCCOCCO2. The van der Waals surface area contributed by atoms with Crippen LogP contribution in [0.4, 0.5) is 39.5 Å². The van der Waals surface area contributed by atoms with Crippen molar-refractivity contribution in [1.29, 1.82) is 0 Å². The highest BCUT2D eigenvalue weighted by atomic mass is 79.9. The summed E-state index contributed by atoms with van der Waals surface area (Å²) in [5, 5.41) is 1.65. The number of ketones is 1. The number of unbranched alkanes of at least 4 members (excludes halogenated alkanes) is 6. The van der Waals surface area contributed by atoms with Crippen LogP contribution >= 0.6 is 31.9 Å². The fourth-order valence-electron chi connectivity index (χ4n) is 10.4. The van der Waals surface area contributed by atoms with Crippen molar-refractivity contribution in [2.24, 2.45) is 10.8 Å². The second-order valence-corrected chi connectivity index (χ2v) is 32.0. The largest absolute Gasteiger partial charge is 0.870 e. The fraction of sp³-hybridized carbons (Fsp3) is 0.615. The molecular weight excluding hydrogens is 1830 g/mol. The summed E-state index contributed by atoms with van der Waals surface area (Å²) >= 11 is 6.40. The number of nitrogens with zero attached hydrogens (tertiary/aromatic N) is 2. The Hall–Kier alpha value is -7.44. The highest BCUT2D eigenvalue weighted by Crippen LogP contribution is 2.43. The molecule has 9 rings (SSSR count). The van der Waals surface area contributed by atoms with E-state index in [1.807, 2.05) is 199 Å². The van der Waals surface area contributed by atoms with Gasteiger partial charge in [0, 0.05) is 17.1 Å². The lowest BCUT2D eigenvalue weighted by atomic mass is 9.86. The molecule has 0 unspecified atom stereocenters. The number of benzene rings is 6. The first kappa shape index (κ1) is 124. The van der Waals surface area contributed by atoms with Crippen molar-refractivity contribution in [3.8, 4) is 69.0 Å². The van der Waals surface area contributed by atoms with E-state index in [0.29, 0.717) is 253 Å². The number of carbonyl (C=O) groups excluding carboxylic acids is 1. The molecular formula is C96H149Br2F9N2O20. The van der Waals surface area contributed by atoms with Crippen LogP contribution in [0.15, 0.2) is 146 Å². The van der Waals surface area contributed by atoms with Crippen LogP contribution < -0.4 is 56.8 Å². The molecule has 0 amide bonds. The van der Waals surface area contributed by atoms with Gasteiger partial charge in [0.05, 0.1) is 118 Å². The molecule has 6 aromatic carbocycles. The molecule has 3 aliphatic heterocycles.